The first-order chi connectivity index (χ1) is 14.8. The van der Waals surface area contributed by atoms with Crippen molar-refractivity contribution in [1.82, 2.24) is 0 Å². The second-order valence-corrected chi connectivity index (χ2v) is 7.82. The van der Waals surface area contributed by atoms with Crippen molar-refractivity contribution in [1.29, 1.82) is 0 Å². The number of allylic oxidation sites excluding steroid dienone is 10. The summed E-state index contributed by atoms with van der Waals surface area (Å²) >= 11 is 0. The maximum Gasteiger partial charge on any atom is 0.303 e. The Morgan fingerprint density at radius 2 is 0.900 bits per heavy atom. The third-order valence-corrected chi connectivity index (χ3v) is 4.92. The molecule has 0 saturated heterocycles. The van der Waals surface area contributed by atoms with Crippen LogP contribution in [0.3, 0.4) is 0 Å². The van der Waals surface area contributed by atoms with E-state index in [0.29, 0.717) is 6.42 Å². The van der Waals surface area contributed by atoms with Gasteiger partial charge in [0.2, 0.25) is 0 Å². The van der Waals surface area contributed by atoms with Gasteiger partial charge in [-0.25, -0.2) is 0 Å². The van der Waals surface area contributed by atoms with Gasteiger partial charge in [0.15, 0.2) is 0 Å². The van der Waals surface area contributed by atoms with Crippen LogP contribution < -0.4 is 0 Å². The van der Waals surface area contributed by atoms with Crippen LogP contribution in [0.5, 0.6) is 0 Å². The highest BCUT2D eigenvalue weighted by atomic mass is 16.4. The normalized spacial score (nSPS) is 12.6. The van der Waals surface area contributed by atoms with Gasteiger partial charge in [0.1, 0.15) is 0 Å². The topological polar surface area (TPSA) is 37.3 Å². The van der Waals surface area contributed by atoms with Gasteiger partial charge in [0.25, 0.3) is 0 Å². The molecule has 0 fully saturated rings. The summed E-state index contributed by atoms with van der Waals surface area (Å²) in [5, 5.41) is 8.58. The Morgan fingerprint density at radius 1 is 0.533 bits per heavy atom. The minimum Gasteiger partial charge on any atom is -0.481 e. The Bertz CT molecular complexity index is 509. The molecule has 0 saturated carbocycles. The first kappa shape index (κ1) is 28.2. The lowest BCUT2D eigenvalue weighted by Crippen LogP contribution is -1.93. The average Bonchev–Trinajstić information content (AvgIpc) is 2.73. The van der Waals surface area contributed by atoms with E-state index in [1.807, 2.05) is 0 Å². The molecule has 30 heavy (non-hydrogen) atoms. The predicted octanol–water partition coefficient (Wildman–Crippen LogP) is 9.11. The number of carboxylic acids is 1. The number of unbranched alkanes of at least 4 members (excludes halogenated alkanes) is 9. The lowest BCUT2D eigenvalue weighted by Gasteiger charge is -2.01. The molecular weight excluding hydrogens is 368 g/mol. The van der Waals surface area contributed by atoms with Crippen molar-refractivity contribution in [2.45, 2.75) is 110 Å². The molecule has 0 aliphatic heterocycles. The summed E-state index contributed by atoms with van der Waals surface area (Å²) in [6.07, 6.45) is 40.2. The van der Waals surface area contributed by atoms with E-state index in [4.69, 9.17) is 5.11 Å². The van der Waals surface area contributed by atoms with Gasteiger partial charge < -0.3 is 5.11 Å². The Kier molecular flexibility index (Phi) is 23.7. The number of hydrogen-bond donors (Lipinski definition) is 1. The minimum atomic E-state index is -0.664. The molecule has 1 N–H and O–H groups in total. The van der Waals surface area contributed by atoms with Crippen LogP contribution in [0.2, 0.25) is 0 Å². The van der Waals surface area contributed by atoms with Crippen LogP contribution in [0.4, 0.5) is 0 Å². The third kappa shape index (κ3) is 26.2. The zero-order valence-corrected chi connectivity index (χ0v) is 19.4. The summed E-state index contributed by atoms with van der Waals surface area (Å²) in [7, 11) is 0. The van der Waals surface area contributed by atoms with Gasteiger partial charge in [-0.15, -0.1) is 0 Å². The highest BCUT2D eigenvalue weighted by Crippen LogP contribution is 2.11. The molecule has 0 aromatic rings. The fourth-order valence-corrected chi connectivity index (χ4v) is 3.14. The Balaban J connectivity index is 3.32. The smallest absolute Gasteiger partial charge is 0.303 e. The Morgan fingerprint density at radius 3 is 1.33 bits per heavy atom. The van der Waals surface area contributed by atoms with E-state index in [-0.39, 0.29) is 0 Å². The first-order valence-corrected chi connectivity index (χ1v) is 12.2. The molecule has 0 spiro atoms. The molecule has 0 unspecified atom stereocenters. The molecule has 2 nitrogen and oxygen atoms in total. The van der Waals surface area contributed by atoms with Crippen LogP contribution in [0, 0.1) is 0 Å². The molecule has 0 aromatic heterocycles. The summed E-state index contributed by atoms with van der Waals surface area (Å²) in [6, 6.07) is 0. The van der Waals surface area contributed by atoms with Gasteiger partial charge in [-0.05, 0) is 51.4 Å². The average molecular weight is 415 g/mol. The first-order valence-electron chi connectivity index (χ1n) is 12.2. The highest BCUT2D eigenvalue weighted by molar-refractivity contribution is 5.66. The minimum absolute atomic E-state index is 0.329. The summed E-state index contributed by atoms with van der Waals surface area (Å²) in [5.41, 5.74) is 0. The molecule has 0 heterocycles. The SMILES string of the molecule is CCC=CCC=CCC=CCC=CCC=CCCCCCCCCCCCC(=O)O. The molecule has 0 aromatic carbocycles. The van der Waals surface area contributed by atoms with Gasteiger partial charge in [0.05, 0.1) is 0 Å². The fraction of sp³-hybridized carbons (Fsp3) is 0.607. The van der Waals surface area contributed by atoms with Crippen LogP contribution in [0.15, 0.2) is 60.8 Å². The summed E-state index contributed by atoms with van der Waals surface area (Å²) in [5.74, 6) is -0.664. The molecule has 0 radical (unpaired) electrons. The zero-order chi connectivity index (χ0) is 22.0. The number of aliphatic carboxylic acids is 1. The summed E-state index contributed by atoms with van der Waals surface area (Å²) in [6.45, 7) is 2.16. The lowest BCUT2D eigenvalue weighted by molar-refractivity contribution is -0.137. The standard InChI is InChI=1S/C28H46O2/c1-2-3-4-5-6-7-8-9-10-11-12-13-14-15-16-17-18-19-20-21-22-23-24-25-26-27-28(29)30/h3-4,6-7,9-10,12-13,15-16H,2,5,8,11,14,17-27H2,1H3,(H,29,30). The van der Waals surface area contributed by atoms with Crippen molar-refractivity contribution in [3.05, 3.63) is 60.8 Å². The number of rotatable bonds is 21. The van der Waals surface area contributed by atoms with Gasteiger partial charge in [-0.1, -0.05) is 113 Å². The van der Waals surface area contributed by atoms with Gasteiger partial charge in [0, 0.05) is 6.42 Å². The van der Waals surface area contributed by atoms with E-state index >= 15 is 0 Å². The number of hydrogen-bond acceptors (Lipinski definition) is 1. The molecular formula is C28H46O2. The van der Waals surface area contributed by atoms with Crippen molar-refractivity contribution >= 4 is 5.97 Å². The number of carbonyl (C=O) groups is 1. The van der Waals surface area contributed by atoms with Crippen LogP contribution in [-0.2, 0) is 4.79 Å². The maximum absolute atomic E-state index is 10.4. The molecule has 0 atom stereocenters. The van der Waals surface area contributed by atoms with Crippen molar-refractivity contribution in [3.63, 3.8) is 0 Å². The van der Waals surface area contributed by atoms with Crippen LogP contribution in [-0.4, -0.2) is 11.1 Å². The lowest BCUT2D eigenvalue weighted by atomic mass is 10.1. The highest BCUT2D eigenvalue weighted by Gasteiger charge is 1.96. The quantitative estimate of drug-likeness (QED) is 0.150. The Hall–Kier alpha value is -1.83. The van der Waals surface area contributed by atoms with Crippen LogP contribution in [0.1, 0.15) is 110 Å². The van der Waals surface area contributed by atoms with E-state index in [2.05, 4.69) is 67.7 Å². The molecule has 0 bridgehead atoms. The Labute approximate surface area is 186 Å². The second kappa shape index (κ2) is 25.2. The summed E-state index contributed by atoms with van der Waals surface area (Å²) in [4.78, 5) is 10.4. The predicted molar refractivity (Wildman–Crippen MR) is 133 cm³/mol. The molecule has 2 heteroatoms. The van der Waals surface area contributed by atoms with Gasteiger partial charge in [-0.3, -0.25) is 4.79 Å². The second-order valence-electron chi connectivity index (χ2n) is 7.82. The third-order valence-electron chi connectivity index (χ3n) is 4.92. The summed E-state index contributed by atoms with van der Waals surface area (Å²) < 4.78 is 0. The van der Waals surface area contributed by atoms with E-state index < -0.39 is 5.97 Å². The van der Waals surface area contributed by atoms with Gasteiger partial charge in [-0.2, -0.15) is 0 Å². The van der Waals surface area contributed by atoms with Crippen molar-refractivity contribution < 1.29 is 9.90 Å². The van der Waals surface area contributed by atoms with Crippen LogP contribution >= 0.6 is 0 Å². The van der Waals surface area contributed by atoms with Crippen molar-refractivity contribution in [2.24, 2.45) is 0 Å². The maximum atomic E-state index is 10.4. The van der Waals surface area contributed by atoms with E-state index in [1.165, 1.54) is 51.4 Å². The molecule has 0 aliphatic rings. The van der Waals surface area contributed by atoms with Crippen molar-refractivity contribution in [3.8, 4) is 0 Å². The number of carboxylic acid groups (broad SMARTS) is 1. The monoisotopic (exact) mass is 414 g/mol. The van der Waals surface area contributed by atoms with E-state index in [0.717, 1.165) is 44.9 Å². The molecule has 0 rings (SSSR count). The largest absolute Gasteiger partial charge is 0.481 e. The molecule has 0 amide bonds. The molecule has 0 aliphatic carbocycles. The molecule has 170 valence electrons. The van der Waals surface area contributed by atoms with Crippen molar-refractivity contribution in [2.75, 3.05) is 0 Å². The van der Waals surface area contributed by atoms with E-state index in [1.54, 1.807) is 0 Å². The van der Waals surface area contributed by atoms with Gasteiger partial charge >= 0.3 is 5.97 Å². The zero-order valence-electron chi connectivity index (χ0n) is 19.4. The fourth-order valence-electron chi connectivity index (χ4n) is 3.14. The van der Waals surface area contributed by atoms with Crippen LogP contribution in [0.25, 0.3) is 0 Å². The van der Waals surface area contributed by atoms with E-state index in [9.17, 15) is 4.79 Å².